The van der Waals surface area contributed by atoms with Crippen molar-refractivity contribution >= 4 is 29.1 Å². The Morgan fingerprint density at radius 3 is 1.87 bits per heavy atom. The summed E-state index contributed by atoms with van der Waals surface area (Å²) in [6.45, 7) is 2.92. The van der Waals surface area contributed by atoms with Gasteiger partial charge in [0.05, 0.1) is 24.8 Å². The van der Waals surface area contributed by atoms with Crippen LogP contribution in [-0.2, 0) is 9.59 Å². The molecule has 31 heavy (non-hydrogen) atoms. The van der Waals surface area contributed by atoms with Crippen molar-refractivity contribution in [1.29, 1.82) is 0 Å². The Labute approximate surface area is 183 Å². The first-order valence-electron chi connectivity index (χ1n) is 9.43. The van der Waals surface area contributed by atoms with Crippen LogP contribution < -0.4 is 14.5 Å². The molecule has 158 valence electrons. The summed E-state index contributed by atoms with van der Waals surface area (Å²) in [5, 5.41) is 10.4. The predicted molar refractivity (Wildman–Crippen MR) is 117 cm³/mol. The number of amides is 1. The van der Waals surface area contributed by atoms with E-state index in [1.54, 1.807) is 31.0 Å². The molecule has 0 N–H and O–H groups in total. The number of aromatic nitrogens is 3. The Kier molecular flexibility index (Phi) is 5.51. The largest absolute Gasteiger partial charge is 0.497 e. The molecule has 1 amide bonds. The zero-order valence-electron chi connectivity index (χ0n) is 17.4. The molecule has 0 radical (unpaired) electrons. The van der Waals surface area contributed by atoms with Crippen LogP contribution in [0.1, 0.15) is 19.4 Å². The second-order valence-corrected chi connectivity index (χ2v) is 7.72. The average molecular weight is 436 g/mol. The number of benzene rings is 2. The number of allylic oxidation sites excluding steroid dienone is 1. The lowest BCUT2D eigenvalue weighted by atomic mass is 10.1. The molecule has 8 nitrogen and oxygen atoms in total. The first-order chi connectivity index (χ1) is 14.9. The van der Waals surface area contributed by atoms with Gasteiger partial charge >= 0.3 is 0 Å². The molecule has 1 aliphatic heterocycles. The molecule has 2 aromatic carbocycles. The highest BCUT2D eigenvalue weighted by atomic mass is 32.2. The monoisotopic (exact) mass is 436 g/mol. The Morgan fingerprint density at radius 2 is 1.39 bits per heavy atom. The number of hydrogen-bond donors (Lipinski definition) is 0. The number of hydrogen-bond acceptors (Lipinski definition) is 7. The van der Waals surface area contributed by atoms with Gasteiger partial charge in [-0.05, 0) is 67.2 Å². The number of Topliss-reactive ketones (excluding diaryl/α,β-unsaturated/α-hetero) is 1. The molecule has 0 spiro atoms. The lowest BCUT2D eigenvalue weighted by Gasteiger charge is -2.32. The number of ketones is 1. The van der Waals surface area contributed by atoms with Crippen LogP contribution in [0, 0.1) is 0 Å². The van der Waals surface area contributed by atoms with Crippen LogP contribution in [0.2, 0.25) is 0 Å². The zero-order valence-corrected chi connectivity index (χ0v) is 18.3. The third-order valence-electron chi connectivity index (χ3n) is 4.76. The Bertz CT molecular complexity index is 1180. The summed E-state index contributed by atoms with van der Waals surface area (Å²) in [4.78, 5) is 25.8. The van der Waals surface area contributed by atoms with Gasteiger partial charge in [-0.2, -0.15) is 4.68 Å². The Hall–Kier alpha value is -3.59. The van der Waals surface area contributed by atoms with Gasteiger partial charge in [0, 0.05) is 18.1 Å². The fourth-order valence-electron chi connectivity index (χ4n) is 3.30. The summed E-state index contributed by atoms with van der Waals surface area (Å²) in [5.41, 5.74) is 1.94. The normalized spacial score (nSPS) is 13.1. The van der Waals surface area contributed by atoms with Crippen LogP contribution in [0.25, 0.3) is 17.1 Å². The molecule has 2 heterocycles. The third kappa shape index (κ3) is 3.68. The van der Waals surface area contributed by atoms with Crippen LogP contribution in [0.3, 0.4) is 0 Å². The smallest absolute Gasteiger partial charge is 0.243 e. The van der Waals surface area contributed by atoms with E-state index in [0.717, 1.165) is 5.56 Å². The number of methoxy groups -OCH3 is 2. The van der Waals surface area contributed by atoms with Crippen LogP contribution in [0.5, 0.6) is 11.5 Å². The standard InChI is InChI=1S/C22H20N4O4S/c1-13(27)20-19(15-5-9-17(29-3)10-6-15)25(14(2)28)26-21(23-24-22(26)31-20)16-7-11-18(30-4)12-8-16/h5-12H,1-4H3. The van der Waals surface area contributed by atoms with Gasteiger partial charge in [0.25, 0.3) is 0 Å². The Balaban J connectivity index is 1.90. The van der Waals surface area contributed by atoms with E-state index in [9.17, 15) is 9.59 Å². The lowest BCUT2D eigenvalue weighted by Crippen LogP contribution is -2.41. The fraction of sp³-hybridized carbons (Fsp3) is 0.182. The van der Waals surface area contributed by atoms with Crippen molar-refractivity contribution in [2.45, 2.75) is 19.0 Å². The Morgan fingerprint density at radius 1 is 0.839 bits per heavy atom. The van der Waals surface area contributed by atoms with E-state index in [1.165, 1.54) is 30.6 Å². The van der Waals surface area contributed by atoms with E-state index in [-0.39, 0.29) is 11.7 Å². The van der Waals surface area contributed by atoms with Gasteiger partial charge in [-0.1, -0.05) is 0 Å². The van der Waals surface area contributed by atoms with E-state index < -0.39 is 0 Å². The summed E-state index contributed by atoms with van der Waals surface area (Å²) in [5.74, 6) is 1.42. The van der Waals surface area contributed by atoms with Crippen LogP contribution in [0.15, 0.2) is 58.6 Å². The quantitative estimate of drug-likeness (QED) is 0.605. The van der Waals surface area contributed by atoms with Gasteiger partial charge in [0.2, 0.25) is 11.1 Å². The summed E-state index contributed by atoms with van der Waals surface area (Å²) >= 11 is 1.19. The number of rotatable bonds is 5. The highest BCUT2D eigenvalue weighted by molar-refractivity contribution is 8.04. The van der Waals surface area contributed by atoms with Crippen molar-refractivity contribution in [1.82, 2.24) is 14.9 Å². The minimum atomic E-state index is -0.277. The van der Waals surface area contributed by atoms with Gasteiger partial charge < -0.3 is 9.47 Å². The molecule has 9 heteroatoms. The van der Waals surface area contributed by atoms with Gasteiger partial charge in [-0.3, -0.25) is 9.59 Å². The molecule has 0 fully saturated rings. The summed E-state index contributed by atoms with van der Waals surface area (Å²) in [7, 11) is 3.18. The third-order valence-corrected chi connectivity index (χ3v) is 5.88. The van der Waals surface area contributed by atoms with Crippen molar-refractivity contribution in [3.8, 4) is 22.9 Å². The maximum absolute atomic E-state index is 12.9. The summed E-state index contributed by atoms with van der Waals surface area (Å²) in [6.07, 6.45) is 0. The first kappa shape index (κ1) is 20.7. The van der Waals surface area contributed by atoms with E-state index >= 15 is 0 Å². The molecular weight excluding hydrogens is 416 g/mol. The van der Waals surface area contributed by atoms with E-state index in [4.69, 9.17) is 9.47 Å². The lowest BCUT2D eigenvalue weighted by molar-refractivity contribution is -0.117. The molecule has 3 aromatic rings. The van der Waals surface area contributed by atoms with Gasteiger partial charge in [-0.15, -0.1) is 10.2 Å². The molecule has 0 aliphatic carbocycles. The number of nitrogens with zero attached hydrogens (tertiary/aromatic N) is 4. The second-order valence-electron chi connectivity index (χ2n) is 6.74. The van der Waals surface area contributed by atoms with Crippen molar-refractivity contribution in [2.24, 2.45) is 0 Å². The number of ether oxygens (including phenoxy) is 2. The minimum absolute atomic E-state index is 0.165. The summed E-state index contributed by atoms with van der Waals surface area (Å²) in [6, 6.07) is 14.5. The molecule has 0 unspecified atom stereocenters. The number of fused-ring (bicyclic) bond motifs is 1. The topological polar surface area (TPSA) is 86.6 Å². The number of carbonyl (C=O) groups excluding carboxylic acids is 2. The van der Waals surface area contributed by atoms with E-state index in [2.05, 4.69) is 10.2 Å². The predicted octanol–water partition coefficient (Wildman–Crippen LogP) is 3.51. The summed E-state index contributed by atoms with van der Waals surface area (Å²) < 4.78 is 12.1. The van der Waals surface area contributed by atoms with Crippen molar-refractivity contribution in [3.63, 3.8) is 0 Å². The van der Waals surface area contributed by atoms with Crippen molar-refractivity contribution < 1.29 is 19.1 Å². The molecule has 0 saturated carbocycles. The molecule has 0 atom stereocenters. The SMILES string of the molecule is COc1ccc(C2=C(C(C)=O)Sc3nnc(-c4ccc(OC)cc4)n3N2C(C)=O)cc1. The van der Waals surface area contributed by atoms with Crippen LogP contribution >= 0.6 is 11.8 Å². The van der Waals surface area contributed by atoms with E-state index in [0.29, 0.717) is 38.6 Å². The van der Waals surface area contributed by atoms with Crippen LogP contribution in [-0.4, -0.2) is 40.8 Å². The molecule has 1 aliphatic rings. The molecule has 0 saturated heterocycles. The maximum atomic E-state index is 12.9. The van der Waals surface area contributed by atoms with Gasteiger partial charge in [0.1, 0.15) is 11.5 Å². The van der Waals surface area contributed by atoms with Crippen molar-refractivity contribution in [3.05, 3.63) is 59.0 Å². The molecule has 1 aromatic heterocycles. The van der Waals surface area contributed by atoms with Crippen LogP contribution in [0.4, 0.5) is 0 Å². The number of thioether (sulfide) groups is 1. The highest BCUT2D eigenvalue weighted by Crippen LogP contribution is 2.41. The van der Waals surface area contributed by atoms with Crippen molar-refractivity contribution in [2.75, 3.05) is 19.2 Å². The molecule has 0 bridgehead atoms. The minimum Gasteiger partial charge on any atom is -0.497 e. The second kappa shape index (κ2) is 8.27. The van der Waals surface area contributed by atoms with Gasteiger partial charge in [0.15, 0.2) is 11.6 Å². The number of carbonyl (C=O) groups is 2. The fourth-order valence-corrected chi connectivity index (χ4v) is 4.27. The first-order valence-corrected chi connectivity index (χ1v) is 10.2. The molecule has 4 rings (SSSR count). The molecular formula is C22H20N4O4S. The average Bonchev–Trinajstić information content (AvgIpc) is 3.21. The maximum Gasteiger partial charge on any atom is 0.243 e. The zero-order chi connectivity index (χ0) is 22.1. The highest BCUT2D eigenvalue weighted by Gasteiger charge is 2.35. The van der Waals surface area contributed by atoms with Gasteiger partial charge in [-0.25, -0.2) is 5.01 Å². The van der Waals surface area contributed by atoms with E-state index in [1.807, 2.05) is 36.4 Å².